The third kappa shape index (κ3) is 3.05. The van der Waals surface area contributed by atoms with E-state index in [-0.39, 0.29) is 11.8 Å². The summed E-state index contributed by atoms with van der Waals surface area (Å²) >= 11 is 0. The van der Waals surface area contributed by atoms with Crippen LogP contribution in [0.3, 0.4) is 0 Å². The van der Waals surface area contributed by atoms with E-state index in [2.05, 4.69) is 6.07 Å². The van der Waals surface area contributed by atoms with Crippen molar-refractivity contribution in [3.63, 3.8) is 0 Å². The molecule has 5 heteroatoms. The van der Waals surface area contributed by atoms with Gasteiger partial charge in [0.05, 0.1) is 18.4 Å². The van der Waals surface area contributed by atoms with Crippen LogP contribution in [-0.4, -0.2) is 43.5 Å². The lowest BCUT2D eigenvalue weighted by molar-refractivity contribution is -0.135. The van der Waals surface area contributed by atoms with Gasteiger partial charge in [0, 0.05) is 25.8 Å². The van der Waals surface area contributed by atoms with Gasteiger partial charge in [-0.2, -0.15) is 0 Å². The maximum absolute atomic E-state index is 13.0. The second-order valence-electron chi connectivity index (χ2n) is 7.60. The van der Waals surface area contributed by atoms with E-state index in [1.54, 1.807) is 4.90 Å². The standard InChI is InChI=1S/C23H26N2O3/c1-3-28-18-10-8-17(9-11-18)16-21(26)25-14-12-23(13-15-25)19-6-4-5-7-20(19)24(2)22(23)27/h4-11H,3,12-16H2,1-2H3. The monoisotopic (exact) mass is 378 g/mol. The van der Waals surface area contributed by atoms with Crippen molar-refractivity contribution in [3.05, 3.63) is 59.7 Å². The van der Waals surface area contributed by atoms with Crippen LogP contribution in [-0.2, 0) is 21.4 Å². The second kappa shape index (κ2) is 7.30. The molecule has 2 aromatic carbocycles. The Morgan fingerprint density at radius 3 is 2.43 bits per heavy atom. The molecular weight excluding hydrogens is 352 g/mol. The van der Waals surface area contributed by atoms with Crippen LogP contribution in [0.2, 0.25) is 0 Å². The van der Waals surface area contributed by atoms with Crippen LogP contribution in [0.15, 0.2) is 48.5 Å². The van der Waals surface area contributed by atoms with Crippen LogP contribution in [0.1, 0.15) is 30.9 Å². The molecule has 146 valence electrons. The summed E-state index contributed by atoms with van der Waals surface area (Å²) in [5.41, 5.74) is 2.62. The van der Waals surface area contributed by atoms with Gasteiger partial charge in [0.2, 0.25) is 11.8 Å². The minimum absolute atomic E-state index is 0.117. The van der Waals surface area contributed by atoms with Gasteiger partial charge in [0.1, 0.15) is 5.75 Å². The van der Waals surface area contributed by atoms with Gasteiger partial charge in [-0.15, -0.1) is 0 Å². The van der Waals surface area contributed by atoms with E-state index >= 15 is 0 Å². The van der Waals surface area contributed by atoms with Crippen molar-refractivity contribution in [2.45, 2.75) is 31.6 Å². The first-order chi connectivity index (χ1) is 13.5. The molecule has 0 radical (unpaired) electrons. The van der Waals surface area contributed by atoms with Crippen molar-refractivity contribution < 1.29 is 14.3 Å². The summed E-state index contributed by atoms with van der Waals surface area (Å²) in [5, 5.41) is 0. The Balaban J connectivity index is 1.43. The van der Waals surface area contributed by atoms with Crippen LogP contribution in [0.4, 0.5) is 5.69 Å². The van der Waals surface area contributed by atoms with E-state index in [1.165, 1.54) is 0 Å². The minimum Gasteiger partial charge on any atom is -0.494 e. The first kappa shape index (κ1) is 18.5. The molecule has 0 unspecified atom stereocenters. The van der Waals surface area contributed by atoms with Gasteiger partial charge in [0.25, 0.3) is 0 Å². The highest BCUT2D eigenvalue weighted by Gasteiger charge is 2.51. The van der Waals surface area contributed by atoms with Crippen molar-refractivity contribution >= 4 is 17.5 Å². The molecule has 2 aromatic rings. The van der Waals surface area contributed by atoms with Crippen LogP contribution in [0, 0.1) is 0 Å². The number of fused-ring (bicyclic) bond motifs is 2. The number of nitrogens with zero attached hydrogens (tertiary/aromatic N) is 2. The molecule has 0 saturated carbocycles. The molecule has 4 rings (SSSR count). The summed E-state index contributed by atoms with van der Waals surface area (Å²) in [6.07, 6.45) is 1.74. The quantitative estimate of drug-likeness (QED) is 0.821. The predicted molar refractivity (Wildman–Crippen MR) is 109 cm³/mol. The van der Waals surface area contributed by atoms with Crippen molar-refractivity contribution in [1.82, 2.24) is 4.90 Å². The van der Waals surface area contributed by atoms with E-state index in [1.807, 2.05) is 61.3 Å². The molecule has 0 N–H and O–H groups in total. The van der Waals surface area contributed by atoms with Crippen molar-refractivity contribution in [3.8, 4) is 5.75 Å². The van der Waals surface area contributed by atoms with Crippen LogP contribution in [0.5, 0.6) is 5.75 Å². The highest BCUT2D eigenvalue weighted by Crippen LogP contribution is 2.47. The average molecular weight is 378 g/mol. The number of anilines is 1. The lowest BCUT2D eigenvalue weighted by Gasteiger charge is -2.38. The number of amides is 2. The average Bonchev–Trinajstić information content (AvgIpc) is 2.93. The third-order valence-corrected chi connectivity index (χ3v) is 6.05. The van der Waals surface area contributed by atoms with E-state index in [9.17, 15) is 9.59 Å². The fourth-order valence-corrected chi connectivity index (χ4v) is 4.49. The fraction of sp³-hybridized carbons (Fsp3) is 0.391. The number of benzene rings is 2. The lowest BCUT2D eigenvalue weighted by Crippen LogP contribution is -2.49. The highest BCUT2D eigenvalue weighted by atomic mass is 16.5. The van der Waals surface area contributed by atoms with E-state index in [4.69, 9.17) is 4.74 Å². The number of hydrogen-bond acceptors (Lipinski definition) is 3. The highest BCUT2D eigenvalue weighted by molar-refractivity contribution is 6.07. The first-order valence-electron chi connectivity index (χ1n) is 9.92. The molecule has 2 aliphatic heterocycles. The molecule has 28 heavy (non-hydrogen) atoms. The molecule has 0 atom stereocenters. The molecule has 0 aromatic heterocycles. The Hall–Kier alpha value is -2.82. The van der Waals surface area contributed by atoms with Crippen LogP contribution >= 0.6 is 0 Å². The summed E-state index contributed by atoms with van der Waals surface area (Å²) < 4.78 is 5.45. The summed E-state index contributed by atoms with van der Waals surface area (Å²) in [5.74, 6) is 1.10. The van der Waals surface area contributed by atoms with Crippen molar-refractivity contribution in [2.24, 2.45) is 0 Å². The number of hydrogen-bond donors (Lipinski definition) is 0. The van der Waals surface area contributed by atoms with E-state index < -0.39 is 5.41 Å². The maximum Gasteiger partial charge on any atom is 0.237 e. The van der Waals surface area contributed by atoms with Gasteiger partial charge in [-0.1, -0.05) is 30.3 Å². The molecule has 1 spiro atoms. The molecule has 0 aliphatic carbocycles. The Morgan fingerprint density at radius 1 is 1.07 bits per heavy atom. The van der Waals surface area contributed by atoms with Gasteiger partial charge < -0.3 is 14.5 Å². The zero-order chi connectivity index (χ0) is 19.7. The summed E-state index contributed by atoms with van der Waals surface area (Å²) in [6, 6.07) is 15.7. The Morgan fingerprint density at radius 2 is 1.75 bits per heavy atom. The molecular formula is C23H26N2O3. The normalized spacial score (nSPS) is 17.7. The molecule has 2 heterocycles. The lowest BCUT2D eigenvalue weighted by atomic mass is 9.73. The number of carbonyl (C=O) groups excluding carboxylic acids is 2. The topological polar surface area (TPSA) is 49.9 Å². The van der Waals surface area contributed by atoms with E-state index in [0.717, 1.165) is 22.6 Å². The van der Waals surface area contributed by atoms with Crippen molar-refractivity contribution in [1.29, 1.82) is 0 Å². The van der Waals surface area contributed by atoms with Crippen LogP contribution in [0.25, 0.3) is 0 Å². The molecule has 0 bridgehead atoms. The van der Waals surface area contributed by atoms with Crippen LogP contribution < -0.4 is 9.64 Å². The largest absolute Gasteiger partial charge is 0.494 e. The molecule has 1 fully saturated rings. The molecule has 5 nitrogen and oxygen atoms in total. The number of ether oxygens (including phenoxy) is 1. The molecule has 2 amide bonds. The number of piperidine rings is 1. The second-order valence-corrected chi connectivity index (χ2v) is 7.60. The minimum atomic E-state index is -0.471. The van der Waals surface area contributed by atoms with Crippen molar-refractivity contribution in [2.75, 3.05) is 31.6 Å². The van der Waals surface area contributed by atoms with Gasteiger partial charge in [0.15, 0.2) is 0 Å². The third-order valence-electron chi connectivity index (χ3n) is 6.05. The molecule has 1 saturated heterocycles. The maximum atomic E-state index is 13.0. The number of likely N-dealkylation sites (tertiary alicyclic amines) is 1. The first-order valence-corrected chi connectivity index (χ1v) is 9.92. The predicted octanol–water partition coefficient (Wildman–Crippen LogP) is 3.16. The van der Waals surface area contributed by atoms with E-state index in [0.29, 0.717) is 39.0 Å². The van der Waals surface area contributed by atoms with Gasteiger partial charge in [-0.25, -0.2) is 0 Å². The smallest absolute Gasteiger partial charge is 0.237 e. The number of para-hydroxylation sites is 1. The van der Waals surface area contributed by atoms with Gasteiger partial charge >= 0.3 is 0 Å². The molecule has 2 aliphatic rings. The Labute approximate surface area is 165 Å². The Kier molecular flexibility index (Phi) is 4.84. The number of carbonyl (C=O) groups is 2. The zero-order valence-electron chi connectivity index (χ0n) is 16.5. The number of likely N-dealkylation sites (N-methyl/N-ethyl adjacent to an activating group) is 1. The van der Waals surface area contributed by atoms with Gasteiger partial charge in [-0.3, -0.25) is 9.59 Å². The fourth-order valence-electron chi connectivity index (χ4n) is 4.49. The summed E-state index contributed by atoms with van der Waals surface area (Å²) in [6.45, 7) is 3.81. The Bertz CT molecular complexity index is 883. The summed E-state index contributed by atoms with van der Waals surface area (Å²) in [4.78, 5) is 29.4. The van der Waals surface area contributed by atoms with Gasteiger partial charge in [-0.05, 0) is 49.1 Å². The number of rotatable bonds is 4. The summed E-state index contributed by atoms with van der Waals surface area (Å²) in [7, 11) is 1.85. The SMILES string of the molecule is CCOc1ccc(CC(=O)N2CCC3(CC2)C(=O)N(C)c2ccccc23)cc1. The zero-order valence-corrected chi connectivity index (χ0v) is 16.5.